The fourth-order valence-corrected chi connectivity index (χ4v) is 6.52. The standard InChI is InChI=1S/C34H41N5O2/c1-25-10-15-31(26(2)21-25)37-17-19-38(20-18-37)34(40)28-7-6-16-36(23-28)24-33-35-30-8-4-5-9-32(30)39(33)22-27-11-13-29(41-3)14-12-27/h4-5,8-15,21,28H,6-7,16-20,22-24H2,1-3H3/t28-/m1/s1. The molecule has 2 aliphatic rings. The molecule has 1 aromatic heterocycles. The van der Waals surface area contributed by atoms with Gasteiger partial charge in [0, 0.05) is 45.0 Å². The number of benzene rings is 3. The van der Waals surface area contributed by atoms with Crippen LogP contribution in [0.4, 0.5) is 5.69 Å². The number of nitrogens with zero attached hydrogens (tertiary/aromatic N) is 5. The van der Waals surface area contributed by atoms with E-state index in [1.165, 1.54) is 22.4 Å². The van der Waals surface area contributed by atoms with Gasteiger partial charge < -0.3 is 19.1 Å². The van der Waals surface area contributed by atoms with Gasteiger partial charge in [-0.2, -0.15) is 0 Å². The van der Waals surface area contributed by atoms with Crippen LogP contribution in [0.15, 0.2) is 66.7 Å². The largest absolute Gasteiger partial charge is 0.497 e. The summed E-state index contributed by atoms with van der Waals surface area (Å²) in [6.45, 7) is 11.0. The second-order valence-corrected chi connectivity index (χ2v) is 11.6. The maximum atomic E-state index is 13.7. The summed E-state index contributed by atoms with van der Waals surface area (Å²) in [5, 5.41) is 0. The van der Waals surface area contributed by atoms with Crippen molar-refractivity contribution < 1.29 is 9.53 Å². The van der Waals surface area contributed by atoms with Crippen LogP contribution in [0, 0.1) is 19.8 Å². The maximum Gasteiger partial charge on any atom is 0.227 e. The molecule has 0 unspecified atom stereocenters. The summed E-state index contributed by atoms with van der Waals surface area (Å²) in [6.07, 6.45) is 2.01. The van der Waals surface area contributed by atoms with Crippen LogP contribution in [0.5, 0.6) is 5.75 Å². The van der Waals surface area contributed by atoms with E-state index in [0.717, 1.165) is 87.8 Å². The van der Waals surface area contributed by atoms with Crippen LogP contribution in [0.1, 0.15) is 35.4 Å². The molecule has 3 aromatic carbocycles. The van der Waals surface area contributed by atoms with Gasteiger partial charge in [0.15, 0.2) is 0 Å². The minimum Gasteiger partial charge on any atom is -0.497 e. The quantitative estimate of drug-likeness (QED) is 0.313. The molecule has 0 radical (unpaired) electrons. The smallest absolute Gasteiger partial charge is 0.227 e. The molecule has 0 bridgehead atoms. The first-order valence-corrected chi connectivity index (χ1v) is 14.9. The molecule has 2 aliphatic heterocycles. The fourth-order valence-electron chi connectivity index (χ4n) is 6.52. The Hall–Kier alpha value is -3.84. The van der Waals surface area contributed by atoms with Gasteiger partial charge in [-0.3, -0.25) is 9.69 Å². The van der Waals surface area contributed by atoms with Crippen molar-refractivity contribution in [1.82, 2.24) is 19.4 Å². The van der Waals surface area contributed by atoms with Crippen molar-refractivity contribution >= 4 is 22.6 Å². The van der Waals surface area contributed by atoms with E-state index in [1.54, 1.807) is 7.11 Å². The number of ether oxygens (including phenoxy) is 1. The summed E-state index contributed by atoms with van der Waals surface area (Å²) in [4.78, 5) is 25.7. The molecule has 0 N–H and O–H groups in total. The third-order valence-electron chi connectivity index (χ3n) is 8.74. The van der Waals surface area contributed by atoms with Crippen molar-refractivity contribution in [2.24, 2.45) is 5.92 Å². The average molecular weight is 552 g/mol. The van der Waals surface area contributed by atoms with Gasteiger partial charge in [-0.05, 0) is 74.7 Å². The number of anilines is 1. The lowest BCUT2D eigenvalue weighted by Crippen LogP contribution is -2.52. The number of piperidine rings is 1. The number of para-hydroxylation sites is 2. The van der Waals surface area contributed by atoms with E-state index in [1.807, 2.05) is 18.2 Å². The van der Waals surface area contributed by atoms with Crippen molar-refractivity contribution in [3.63, 3.8) is 0 Å². The first-order chi connectivity index (χ1) is 20.0. The highest BCUT2D eigenvalue weighted by Gasteiger charge is 2.32. The lowest BCUT2D eigenvalue weighted by molar-refractivity contribution is -0.137. The molecule has 7 nitrogen and oxygen atoms in total. The van der Waals surface area contributed by atoms with Gasteiger partial charge in [-0.15, -0.1) is 0 Å². The lowest BCUT2D eigenvalue weighted by Gasteiger charge is -2.40. The third-order valence-corrected chi connectivity index (χ3v) is 8.74. The number of aryl methyl sites for hydroxylation is 2. The third kappa shape index (κ3) is 5.96. The molecule has 3 heterocycles. The summed E-state index contributed by atoms with van der Waals surface area (Å²) in [5.74, 6) is 2.29. The Morgan fingerprint density at radius 2 is 1.71 bits per heavy atom. The average Bonchev–Trinajstić information content (AvgIpc) is 3.34. The van der Waals surface area contributed by atoms with Crippen LogP contribution in [0.25, 0.3) is 11.0 Å². The van der Waals surface area contributed by atoms with E-state index in [4.69, 9.17) is 9.72 Å². The SMILES string of the molecule is COc1ccc(Cn2c(CN3CCC[C@@H](C(=O)N4CCN(c5ccc(C)cc5C)CC4)C3)nc3ccccc32)cc1. The van der Waals surface area contributed by atoms with Gasteiger partial charge in [0.25, 0.3) is 0 Å². The zero-order valence-corrected chi connectivity index (χ0v) is 24.6. The van der Waals surface area contributed by atoms with E-state index >= 15 is 0 Å². The van der Waals surface area contributed by atoms with Gasteiger partial charge in [-0.1, -0.05) is 42.0 Å². The van der Waals surface area contributed by atoms with Gasteiger partial charge in [-0.25, -0.2) is 4.98 Å². The van der Waals surface area contributed by atoms with Gasteiger partial charge >= 0.3 is 0 Å². The number of aromatic nitrogens is 2. The van der Waals surface area contributed by atoms with E-state index in [9.17, 15) is 4.79 Å². The number of fused-ring (bicyclic) bond motifs is 1. The number of carbonyl (C=O) groups excluding carboxylic acids is 1. The highest BCUT2D eigenvalue weighted by Crippen LogP contribution is 2.26. The van der Waals surface area contributed by atoms with E-state index in [0.29, 0.717) is 5.91 Å². The van der Waals surface area contributed by atoms with E-state index in [-0.39, 0.29) is 5.92 Å². The molecule has 1 atom stereocenters. The molecule has 2 saturated heterocycles. The number of carbonyl (C=O) groups is 1. The molecule has 7 heteroatoms. The number of amides is 1. The molecule has 0 saturated carbocycles. The van der Waals surface area contributed by atoms with Crippen LogP contribution in [-0.4, -0.2) is 71.6 Å². The van der Waals surface area contributed by atoms with Gasteiger partial charge in [0.1, 0.15) is 11.6 Å². The molecule has 0 spiro atoms. The maximum absolute atomic E-state index is 13.7. The molecule has 1 amide bonds. The predicted molar refractivity (Wildman–Crippen MR) is 165 cm³/mol. The molecule has 4 aromatic rings. The second kappa shape index (κ2) is 12.0. The molecule has 6 rings (SSSR count). The monoisotopic (exact) mass is 551 g/mol. The van der Waals surface area contributed by atoms with Crippen molar-refractivity contribution in [3.8, 4) is 5.75 Å². The highest BCUT2D eigenvalue weighted by atomic mass is 16.5. The van der Waals surface area contributed by atoms with Gasteiger partial charge in [0.05, 0.1) is 30.6 Å². The van der Waals surface area contributed by atoms with Crippen molar-refractivity contribution in [2.75, 3.05) is 51.3 Å². The van der Waals surface area contributed by atoms with Gasteiger partial charge in [0.2, 0.25) is 5.91 Å². The summed E-state index contributed by atoms with van der Waals surface area (Å²) >= 11 is 0. The van der Waals surface area contributed by atoms with Crippen LogP contribution in [0.3, 0.4) is 0 Å². The van der Waals surface area contributed by atoms with Crippen LogP contribution in [0.2, 0.25) is 0 Å². The number of imidazole rings is 1. The minimum absolute atomic E-state index is 0.0517. The molecule has 0 aliphatic carbocycles. The fraction of sp³-hybridized carbons (Fsp3) is 0.412. The Morgan fingerprint density at radius 3 is 2.46 bits per heavy atom. The van der Waals surface area contributed by atoms with Crippen molar-refractivity contribution in [1.29, 1.82) is 0 Å². The number of hydrogen-bond acceptors (Lipinski definition) is 5. The second-order valence-electron chi connectivity index (χ2n) is 11.6. The zero-order valence-electron chi connectivity index (χ0n) is 24.6. The van der Waals surface area contributed by atoms with E-state index in [2.05, 4.69) is 81.6 Å². The first-order valence-electron chi connectivity index (χ1n) is 14.9. The van der Waals surface area contributed by atoms with Crippen molar-refractivity contribution in [2.45, 2.75) is 39.8 Å². The number of methoxy groups -OCH3 is 1. The van der Waals surface area contributed by atoms with Crippen LogP contribution in [-0.2, 0) is 17.9 Å². The predicted octanol–water partition coefficient (Wildman–Crippen LogP) is 5.27. The summed E-state index contributed by atoms with van der Waals surface area (Å²) in [5.41, 5.74) is 7.27. The number of rotatable bonds is 7. The Balaban J connectivity index is 1.12. The summed E-state index contributed by atoms with van der Waals surface area (Å²) < 4.78 is 7.68. The first kappa shape index (κ1) is 27.3. The van der Waals surface area contributed by atoms with Crippen LogP contribution < -0.4 is 9.64 Å². The Labute approximate surface area is 243 Å². The van der Waals surface area contributed by atoms with Crippen LogP contribution >= 0.6 is 0 Å². The normalized spacial score (nSPS) is 18.2. The van der Waals surface area contributed by atoms with Crippen molar-refractivity contribution in [3.05, 3.63) is 89.2 Å². The number of hydrogen-bond donors (Lipinski definition) is 0. The molecule has 214 valence electrons. The number of piperazine rings is 1. The zero-order chi connectivity index (χ0) is 28.3. The highest BCUT2D eigenvalue weighted by molar-refractivity contribution is 5.79. The number of likely N-dealkylation sites (tertiary alicyclic amines) is 1. The molecular weight excluding hydrogens is 510 g/mol. The minimum atomic E-state index is 0.0517. The Kier molecular flexibility index (Phi) is 7.97. The van der Waals surface area contributed by atoms with E-state index < -0.39 is 0 Å². The summed E-state index contributed by atoms with van der Waals surface area (Å²) in [7, 11) is 1.69. The lowest BCUT2D eigenvalue weighted by atomic mass is 9.96. The Bertz CT molecular complexity index is 1500. The molecule has 2 fully saturated rings. The topological polar surface area (TPSA) is 53.8 Å². The molecular formula is C34H41N5O2. The summed E-state index contributed by atoms with van der Waals surface area (Å²) in [6, 6.07) is 23.3. The Morgan fingerprint density at radius 1 is 0.927 bits per heavy atom. The molecule has 41 heavy (non-hydrogen) atoms.